The van der Waals surface area contributed by atoms with Gasteiger partial charge in [0, 0.05) is 6.54 Å². The standard InChI is InChI=1S/C20H20F3N3S/c21-20(22,23)15-7-5-14(6-8-15)13-24-18-19(9-11-27-12-10-19)26-17-4-2-1-3-16(17)25-18/h1-8,26H,9-13H2,(H,24,25). The fraction of sp³-hybridized carbons (Fsp3) is 0.350. The first-order valence-electron chi connectivity index (χ1n) is 8.90. The number of amidine groups is 1. The number of rotatable bonds is 2. The lowest BCUT2D eigenvalue weighted by molar-refractivity contribution is -0.137. The summed E-state index contributed by atoms with van der Waals surface area (Å²) in [6.45, 7) is 0.440. The van der Waals surface area contributed by atoms with E-state index in [0.29, 0.717) is 6.54 Å². The first kappa shape index (κ1) is 18.2. The van der Waals surface area contributed by atoms with Gasteiger partial charge in [-0.1, -0.05) is 24.3 Å². The lowest BCUT2D eigenvalue weighted by Crippen LogP contribution is -2.55. The summed E-state index contributed by atoms with van der Waals surface area (Å²) in [5, 5.41) is 7.07. The van der Waals surface area contributed by atoms with Crippen LogP contribution in [-0.2, 0) is 12.7 Å². The average Bonchev–Trinajstić information content (AvgIpc) is 2.66. The summed E-state index contributed by atoms with van der Waals surface area (Å²) in [5.74, 6) is 2.98. The number of hydrogen-bond acceptors (Lipinski definition) is 4. The van der Waals surface area contributed by atoms with E-state index in [1.807, 2.05) is 36.0 Å². The topological polar surface area (TPSA) is 36.4 Å². The highest BCUT2D eigenvalue weighted by Gasteiger charge is 2.40. The minimum absolute atomic E-state index is 0.231. The van der Waals surface area contributed by atoms with Gasteiger partial charge in [0.15, 0.2) is 0 Å². The number of nitrogens with zero attached hydrogens (tertiary/aromatic N) is 1. The second-order valence-electron chi connectivity index (χ2n) is 6.85. The van der Waals surface area contributed by atoms with Crippen molar-refractivity contribution in [1.82, 2.24) is 5.32 Å². The highest BCUT2D eigenvalue weighted by molar-refractivity contribution is 7.99. The fourth-order valence-corrected chi connectivity index (χ4v) is 4.70. The molecule has 0 radical (unpaired) electrons. The van der Waals surface area contributed by atoms with E-state index in [2.05, 4.69) is 10.6 Å². The van der Waals surface area contributed by atoms with Crippen LogP contribution in [0.1, 0.15) is 24.0 Å². The maximum atomic E-state index is 12.7. The summed E-state index contributed by atoms with van der Waals surface area (Å²) in [5.41, 5.74) is 1.86. The Morgan fingerprint density at radius 1 is 1.04 bits per heavy atom. The van der Waals surface area contributed by atoms with E-state index in [1.165, 1.54) is 12.1 Å². The highest BCUT2D eigenvalue weighted by atomic mass is 32.2. The van der Waals surface area contributed by atoms with Gasteiger partial charge in [-0.3, -0.25) is 0 Å². The minimum Gasteiger partial charge on any atom is -0.371 e. The van der Waals surface area contributed by atoms with Crippen LogP contribution in [0, 0.1) is 0 Å². The molecule has 142 valence electrons. The molecule has 1 saturated heterocycles. The van der Waals surface area contributed by atoms with Crippen LogP contribution in [0.25, 0.3) is 0 Å². The molecule has 0 bridgehead atoms. The Kier molecular flexibility index (Phi) is 4.80. The molecule has 7 heteroatoms. The average molecular weight is 391 g/mol. The van der Waals surface area contributed by atoms with Crippen molar-refractivity contribution in [2.24, 2.45) is 4.99 Å². The van der Waals surface area contributed by atoms with Crippen LogP contribution in [0.3, 0.4) is 0 Å². The van der Waals surface area contributed by atoms with Gasteiger partial charge in [0.2, 0.25) is 0 Å². The maximum Gasteiger partial charge on any atom is 0.416 e. The predicted molar refractivity (Wildman–Crippen MR) is 105 cm³/mol. The number of alkyl halides is 3. The number of para-hydroxylation sites is 2. The van der Waals surface area contributed by atoms with E-state index in [9.17, 15) is 13.2 Å². The van der Waals surface area contributed by atoms with Gasteiger partial charge in [-0.25, -0.2) is 4.99 Å². The molecule has 2 N–H and O–H groups in total. The zero-order valence-corrected chi connectivity index (χ0v) is 15.5. The number of anilines is 1. The third-order valence-electron chi connectivity index (χ3n) is 5.05. The molecule has 2 heterocycles. The van der Waals surface area contributed by atoms with Crippen LogP contribution in [-0.4, -0.2) is 22.9 Å². The smallest absolute Gasteiger partial charge is 0.371 e. The Balaban J connectivity index is 1.56. The molecule has 0 aliphatic carbocycles. The first-order valence-corrected chi connectivity index (χ1v) is 10.1. The number of nitrogens with one attached hydrogen (secondary N) is 2. The number of benzene rings is 2. The maximum absolute atomic E-state index is 12.7. The predicted octanol–water partition coefficient (Wildman–Crippen LogP) is 5.22. The summed E-state index contributed by atoms with van der Waals surface area (Å²) in [7, 11) is 0. The molecule has 0 saturated carbocycles. The number of aliphatic imine (C=N–C) groups is 1. The Morgan fingerprint density at radius 2 is 1.74 bits per heavy atom. The number of fused-ring (bicyclic) bond motifs is 1. The molecule has 2 aromatic carbocycles. The Bertz CT molecular complexity index is 840. The van der Waals surface area contributed by atoms with Crippen molar-refractivity contribution in [2.45, 2.75) is 31.1 Å². The van der Waals surface area contributed by atoms with Crippen LogP contribution in [0.2, 0.25) is 0 Å². The largest absolute Gasteiger partial charge is 0.416 e. The summed E-state index contributed by atoms with van der Waals surface area (Å²) < 4.78 is 38.2. The lowest BCUT2D eigenvalue weighted by atomic mass is 9.88. The van der Waals surface area contributed by atoms with Gasteiger partial charge < -0.3 is 10.6 Å². The first-order chi connectivity index (χ1) is 13.0. The van der Waals surface area contributed by atoms with E-state index in [4.69, 9.17) is 4.99 Å². The van der Waals surface area contributed by atoms with Crippen LogP contribution >= 0.6 is 11.8 Å². The molecule has 4 rings (SSSR count). The van der Waals surface area contributed by atoms with Crippen molar-refractivity contribution < 1.29 is 13.2 Å². The molecule has 27 heavy (non-hydrogen) atoms. The molecule has 3 nitrogen and oxygen atoms in total. The van der Waals surface area contributed by atoms with E-state index in [-0.39, 0.29) is 5.54 Å². The normalized spacial score (nSPS) is 18.4. The van der Waals surface area contributed by atoms with Crippen LogP contribution in [0.4, 0.5) is 24.5 Å². The summed E-state index contributed by atoms with van der Waals surface area (Å²) in [6, 6.07) is 13.2. The van der Waals surface area contributed by atoms with Crippen molar-refractivity contribution >= 4 is 29.0 Å². The number of halogens is 3. The molecule has 2 aromatic rings. The summed E-state index contributed by atoms with van der Waals surface area (Å²) >= 11 is 1.93. The SMILES string of the molecule is FC(F)(F)c1ccc(CNC2=Nc3ccccc3NC23CCSCC3)cc1. The highest BCUT2D eigenvalue weighted by Crippen LogP contribution is 2.39. The Labute approximate surface area is 160 Å². The molecule has 2 aliphatic rings. The Morgan fingerprint density at radius 3 is 2.44 bits per heavy atom. The number of thioether (sulfide) groups is 1. The van der Waals surface area contributed by atoms with Gasteiger partial charge in [0.05, 0.1) is 22.5 Å². The van der Waals surface area contributed by atoms with Crippen LogP contribution in [0.15, 0.2) is 53.5 Å². The molecular weight excluding hydrogens is 371 g/mol. The molecule has 2 aliphatic heterocycles. The van der Waals surface area contributed by atoms with Gasteiger partial charge in [0.25, 0.3) is 0 Å². The molecule has 1 spiro atoms. The van der Waals surface area contributed by atoms with Crippen LogP contribution in [0.5, 0.6) is 0 Å². The minimum atomic E-state index is -4.31. The van der Waals surface area contributed by atoms with Crippen LogP contribution < -0.4 is 10.6 Å². The van der Waals surface area contributed by atoms with Gasteiger partial charge in [-0.05, 0) is 54.2 Å². The van der Waals surface area contributed by atoms with Crippen molar-refractivity contribution in [3.8, 4) is 0 Å². The van der Waals surface area contributed by atoms with Crippen molar-refractivity contribution in [3.05, 3.63) is 59.7 Å². The summed E-state index contributed by atoms with van der Waals surface area (Å²) in [4.78, 5) is 4.85. The van der Waals surface area contributed by atoms with Crippen molar-refractivity contribution in [2.75, 3.05) is 16.8 Å². The zero-order chi connectivity index (χ0) is 18.9. The molecule has 0 unspecified atom stereocenters. The number of hydrogen-bond donors (Lipinski definition) is 2. The van der Waals surface area contributed by atoms with E-state index in [0.717, 1.165) is 59.3 Å². The molecule has 0 amide bonds. The molecule has 1 fully saturated rings. The second-order valence-corrected chi connectivity index (χ2v) is 8.07. The zero-order valence-electron chi connectivity index (χ0n) is 14.6. The molecular formula is C20H20F3N3S. The Hall–Kier alpha value is -2.15. The fourth-order valence-electron chi connectivity index (χ4n) is 3.51. The second kappa shape index (κ2) is 7.11. The van der Waals surface area contributed by atoms with Gasteiger partial charge in [-0.15, -0.1) is 0 Å². The third kappa shape index (κ3) is 3.78. The van der Waals surface area contributed by atoms with E-state index in [1.54, 1.807) is 0 Å². The van der Waals surface area contributed by atoms with Crippen molar-refractivity contribution in [3.63, 3.8) is 0 Å². The summed E-state index contributed by atoms with van der Waals surface area (Å²) in [6.07, 6.45) is -2.38. The van der Waals surface area contributed by atoms with E-state index >= 15 is 0 Å². The molecule has 0 aromatic heterocycles. The molecule has 0 atom stereocenters. The monoisotopic (exact) mass is 391 g/mol. The van der Waals surface area contributed by atoms with Gasteiger partial charge >= 0.3 is 6.18 Å². The third-order valence-corrected chi connectivity index (χ3v) is 6.04. The van der Waals surface area contributed by atoms with E-state index < -0.39 is 11.7 Å². The van der Waals surface area contributed by atoms with Crippen molar-refractivity contribution in [1.29, 1.82) is 0 Å². The quantitative estimate of drug-likeness (QED) is 0.737. The lowest BCUT2D eigenvalue weighted by Gasteiger charge is -2.42. The van der Waals surface area contributed by atoms with Gasteiger partial charge in [0.1, 0.15) is 5.84 Å². The van der Waals surface area contributed by atoms with Gasteiger partial charge in [-0.2, -0.15) is 24.9 Å².